The average Bonchev–Trinajstić information content (AvgIpc) is 3.34. The third-order valence-electron chi connectivity index (χ3n) is 4.58. The quantitative estimate of drug-likeness (QED) is 0.569. The fraction of sp³-hybridized carbons (Fsp3) is 0.316. The zero-order valence-corrected chi connectivity index (χ0v) is 16.7. The van der Waals surface area contributed by atoms with Gasteiger partial charge < -0.3 is 5.32 Å². The van der Waals surface area contributed by atoms with Gasteiger partial charge in [-0.2, -0.15) is 10.2 Å². The van der Waals surface area contributed by atoms with Crippen molar-refractivity contribution in [3.05, 3.63) is 63.5 Å². The first-order valence-corrected chi connectivity index (χ1v) is 9.77. The number of nitrogens with one attached hydrogen (secondary N) is 1. The Kier molecular flexibility index (Phi) is 5.56. The molecule has 2 aromatic heterocycles. The number of carbonyl (C=O) groups is 1. The first-order valence-electron chi connectivity index (χ1n) is 9.02. The third kappa shape index (κ3) is 4.76. The van der Waals surface area contributed by atoms with E-state index < -0.39 is 12.3 Å². The molecule has 1 fully saturated rings. The predicted molar refractivity (Wildman–Crippen MR) is 106 cm³/mol. The van der Waals surface area contributed by atoms with Gasteiger partial charge >= 0.3 is 0 Å². The van der Waals surface area contributed by atoms with Gasteiger partial charge in [-0.15, -0.1) is 0 Å². The molecule has 0 unspecified atom stereocenters. The first-order chi connectivity index (χ1) is 13.9. The summed E-state index contributed by atoms with van der Waals surface area (Å²) in [7, 11) is 0. The number of anilines is 1. The van der Waals surface area contributed by atoms with E-state index in [1.54, 1.807) is 23.0 Å². The van der Waals surface area contributed by atoms with Crippen LogP contribution in [0, 0.1) is 0 Å². The van der Waals surface area contributed by atoms with Crippen LogP contribution in [0.3, 0.4) is 0 Å². The van der Waals surface area contributed by atoms with Crippen molar-refractivity contribution < 1.29 is 13.6 Å². The molecule has 0 atom stereocenters. The monoisotopic (exact) mass is 439 g/mol. The number of hydrogen-bond donors (Lipinski definition) is 1. The van der Waals surface area contributed by atoms with Gasteiger partial charge in [0.2, 0.25) is 5.91 Å². The smallest absolute Gasteiger partial charge is 0.282 e. The molecular weight excluding hydrogens is 423 g/mol. The van der Waals surface area contributed by atoms with Crippen molar-refractivity contribution in [3.8, 4) is 0 Å². The van der Waals surface area contributed by atoms with Crippen molar-refractivity contribution in [3.63, 3.8) is 0 Å². The molecule has 3 aromatic rings. The Morgan fingerprint density at radius 3 is 2.59 bits per heavy atom. The lowest BCUT2D eigenvalue weighted by molar-refractivity contribution is -0.117. The summed E-state index contributed by atoms with van der Waals surface area (Å²) in [6.45, 7) is 0.272. The van der Waals surface area contributed by atoms with Crippen LogP contribution in [-0.2, 0) is 17.9 Å². The van der Waals surface area contributed by atoms with Crippen LogP contribution in [-0.4, -0.2) is 25.5 Å². The van der Waals surface area contributed by atoms with Crippen LogP contribution in [0.25, 0.3) is 0 Å². The molecule has 152 valence electrons. The minimum absolute atomic E-state index is 0.182. The SMILES string of the molecule is O=C(Cn1nc(C(F)F)cc1C1CC1)Nc1nn(Cc2ccc(Cl)cc2)cc1Cl. The van der Waals surface area contributed by atoms with Gasteiger partial charge in [0.1, 0.15) is 17.3 Å². The van der Waals surface area contributed by atoms with Crippen LogP contribution >= 0.6 is 23.2 Å². The zero-order chi connectivity index (χ0) is 20.5. The van der Waals surface area contributed by atoms with Crippen LogP contribution in [0.2, 0.25) is 10.0 Å². The second-order valence-corrected chi connectivity index (χ2v) is 7.77. The first kappa shape index (κ1) is 19.8. The predicted octanol–water partition coefficient (Wildman–Crippen LogP) is 4.89. The number of rotatable bonds is 7. The molecule has 1 aliphatic carbocycles. The molecule has 0 aliphatic heterocycles. The van der Waals surface area contributed by atoms with E-state index in [0.29, 0.717) is 17.3 Å². The van der Waals surface area contributed by atoms with Crippen LogP contribution in [0.5, 0.6) is 0 Å². The largest absolute Gasteiger partial charge is 0.306 e. The van der Waals surface area contributed by atoms with Crippen molar-refractivity contribution >= 4 is 34.9 Å². The topological polar surface area (TPSA) is 64.7 Å². The molecule has 0 saturated heterocycles. The number of carbonyl (C=O) groups excluding carboxylic acids is 1. The molecule has 6 nitrogen and oxygen atoms in total. The molecule has 1 saturated carbocycles. The Hall–Kier alpha value is -2.45. The van der Waals surface area contributed by atoms with Gasteiger partial charge in [0, 0.05) is 22.8 Å². The summed E-state index contributed by atoms with van der Waals surface area (Å²) >= 11 is 12.1. The summed E-state index contributed by atoms with van der Waals surface area (Å²) in [5.41, 5.74) is 1.32. The molecule has 29 heavy (non-hydrogen) atoms. The number of hydrogen-bond acceptors (Lipinski definition) is 3. The maximum absolute atomic E-state index is 13.0. The fourth-order valence-corrected chi connectivity index (χ4v) is 3.36. The van der Waals surface area contributed by atoms with Crippen molar-refractivity contribution in [2.24, 2.45) is 0 Å². The minimum Gasteiger partial charge on any atom is -0.306 e. The van der Waals surface area contributed by atoms with Gasteiger partial charge in [0.25, 0.3) is 6.43 Å². The zero-order valence-electron chi connectivity index (χ0n) is 15.2. The fourth-order valence-electron chi connectivity index (χ4n) is 3.04. The molecule has 2 heterocycles. The van der Waals surface area contributed by atoms with Gasteiger partial charge in [-0.3, -0.25) is 14.2 Å². The normalized spacial score (nSPS) is 13.8. The number of amides is 1. The summed E-state index contributed by atoms with van der Waals surface area (Å²) in [6, 6.07) is 8.67. The molecule has 0 spiro atoms. The van der Waals surface area contributed by atoms with E-state index in [1.807, 2.05) is 12.1 Å². The van der Waals surface area contributed by atoms with E-state index in [1.165, 1.54) is 10.7 Å². The van der Waals surface area contributed by atoms with Crippen molar-refractivity contribution in [2.75, 3.05) is 5.32 Å². The summed E-state index contributed by atoms with van der Waals surface area (Å²) in [5, 5.41) is 11.7. The van der Waals surface area contributed by atoms with Crippen LogP contribution in [0.15, 0.2) is 36.5 Å². The third-order valence-corrected chi connectivity index (χ3v) is 5.10. The number of aromatic nitrogens is 4. The van der Waals surface area contributed by atoms with Gasteiger partial charge in [0.05, 0.1) is 6.54 Å². The molecule has 1 amide bonds. The van der Waals surface area contributed by atoms with Gasteiger partial charge in [-0.05, 0) is 36.6 Å². The Bertz CT molecular complexity index is 1030. The highest BCUT2D eigenvalue weighted by Crippen LogP contribution is 2.41. The Morgan fingerprint density at radius 1 is 1.21 bits per heavy atom. The molecule has 4 rings (SSSR count). The standard InChI is InChI=1S/C19H17Cl2F2N5O/c20-13-5-1-11(2-6-13)8-27-9-14(21)19(26-27)24-17(29)10-28-16(12-3-4-12)7-15(25-28)18(22)23/h1-2,5-7,9,12,18H,3-4,8,10H2,(H,24,26,29). The maximum atomic E-state index is 13.0. The second kappa shape index (κ2) is 8.12. The van der Waals surface area contributed by atoms with Crippen molar-refractivity contribution in [2.45, 2.75) is 38.3 Å². The number of halogens is 4. The number of nitrogens with zero attached hydrogens (tertiary/aromatic N) is 4. The van der Waals surface area contributed by atoms with E-state index in [0.717, 1.165) is 18.4 Å². The lowest BCUT2D eigenvalue weighted by Gasteiger charge is -2.07. The minimum atomic E-state index is -2.67. The highest BCUT2D eigenvalue weighted by atomic mass is 35.5. The Balaban J connectivity index is 1.44. The summed E-state index contributed by atoms with van der Waals surface area (Å²) in [5.74, 6) is -0.0423. The summed E-state index contributed by atoms with van der Waals surface area (Å²) in [4.78, 5) is 12.4. The average molecular weight is 440 g/mol. The Labute approximate surface area is 175 Å². The van der Waals surface area contributed by atoms with Gasteiger partial charge in [0.15, 0.2) is 5.82 Å². The number of benzene rings is 1. The van der Waals surface area contributed by atoms with Crippen LogP contribution in [0.4, 0.5) is 14.6 Å². The highest BCUT2D eigenvalue weighted by Gasteiger charge is 2.30. The number of alkyl halides is 2. The van der Waals surface area contributed by atoms with E-state index in [9.17, 15) is 13.6 Å². The summed E-state index contributed by atoms with van der Waals surface area (Å²) < 4.78 is 28.9. The molecule has 10 heteroatoms. The van der Waals surface area contributed by atoms with E-state index in [-0.39, 0.29) is 29.0 Å². The highest BCUT2D eigenvalue weighted by molar-refractivity contribution is 6.33. The van der Waals surface area contributed by atoms with E-state index in [4.69, 9.17) is 23.2 Å². The van der Waals surface area contributed by atoms with Gasteiger partial charge in [-0.1, -0.05) is 35.3 Å². The molecule has 0 bridgehead atoms. The molecule has 1 aromatic carbocycles. The second-order valence-electron chi connectivity index (χ2n) is 6.92. The van der Waals surface area contributed by atoms with E-state index >= 15 is 0 Å². The van der Waals surface area contributed by atoms with Crippen molar-refractivity contribution in [1.29, 1.82) is 0 Å². The van der Waals surface area contributed by atoms with Crippen LogP contribution < -0.4 is 5.32 Å². The lowest BCUT2D eigenvalue weighted by atomic mass is 10.2. The molecule has 1 N–H and O–H groups in total. The van der Waals surface area contributed by atoms with Crippen LogP contribution in [0.1, 0.15) is 42.1 Å². The molecular formula is C19H17Cl2F2N5O. The lowest BCUT2D eigenvalue weighted by Crippen LogP contribution is -2.21. The van der Waals surface area contributed by atoms with Crippen molar-refractivity contribution in [1.82, 2.24) is 19.6 Å². The van der Waals surface area contributed by atoms with Gasteiger partial charge in [-0.25, -0.2) is 8.78 Å². The Morgan fingerprint density at radius 2 is 1.93 bits per heavy atom. The molecule has 0 radical (unpaired) electrons. The summed E-state index contributed by atoms with van der Waals surface area (Å²) in [6.07, 6.45) is 0.757. The molecule has 1 aliphatic rings. The van der Waals surface area contributed by atoms with E-state index in [2.05, 4.69) is 15.5 Å². The maximum Gasteiger partial charge on any atom is 0.282 e.